The number of allylic oxidation sites excluding steroid dienone is 7. The number of hydrogen-bond donors (Lipinski definition) is 0. The third-order valence-electron chi connectivity index (χ3n) is 10.2. The Morgan fingerprint density at radius 1 is 0.647 bits per heavy atom. The van der Waals surface area contributed by atoms with Crippen molar-refractivity contribution < 1.29 is 0 Å². The number of nitriles is 3. The van der Waals surface area contributed by atoms with Crippen LogP contribution < -0.4 is 0 Å². The van der Waals surface area contributed by atoms with Gasteiger partial charge in [0.2, 0.25) is 0 Å². The van der Waals surface area contributed by atoms with Crippen LogP contribution in [0.1, 0.15) is 40.4 Å². The molecular formula is C46H29N5. The zero-order valence-corrected chi connectivity index (χ0v) is 27.6. The minimum atomic E-state index is -0.0890. The first kappa shape index (κ1) is 30.0. The summed E-state index contributed by atoms with van der Waals surface area (Å²) in [5.74, 6) is 0. The number of nitrogens with zero attached hydrogens (tertiary/aromatic N) is 5. The van der Waals surface area contributed by atoms with Gasteiger partial charge in [-0.1, -0.05) is 103 Å². The Balaban J connectivity index is 1.29. The first-order valence-electron chi connectivity index (χ1n) is 17.0. The minimum Gasteiger partial charge on any atom is -0.333 e. The lowest BCUT2D eigenvalue weighted by Crippen LogP contribution is -2.11. The molecule has 1 atom stereocenters. The van der Waals surface area contributed by atoms with Gasteiger partial charge in [0.25, 0.3) is 0 Å². The highest BCUT2D eigenvalue weighted by atomic mass is 15.0. The lowest BCUT2D eigenvalue weighted by atomic mass is 9.84. The van der Waals surface area contributed by atoms with Crippen LogP contribution in [0.2, 0.25) is 0 Å². The van der Waals surface area contributed by atoms with Gasteiger partial charge in [0.1, 0.15) is 0 Å². The van der Waals surface area contributed by atoms with Crippen LogP contribution in [0, 0.1) is 34.0 Å². The van der Waals surface area contributed by atoms with Gasteiger partial charge in [-0.05, 0) is 65.6 Å². The molecule has 1 unspecified atom stereocenters. The molecule has 5 nitrogen and oxygen atoms in total. The van der Waals surface area contributed by atoms with Crippen LogP contribution in [-0.2, 0) is 6.42 Å². The maximum atomic E-state index is 10.6. The summed E-state index contributed by atoms with van der Waals surface area (Å²) >= 11 is 0. The molecule has 0 radical (unpaired) electrons. The molecule has 0 saturated heterocycles. The van der Waals surface area contributed by atoms with Crippen LogP contribution in [-0.4, -0.2) is 9.13 Å². The molecule has 5 aromatic carbocycles. The Bertz CT molecular complexity index is 2850. The van der Waals surface area contributed by atoms with Crippen LogP contribution in [0.4, 0.5) is 0 Å². The number of benzene rings is 5. The lowest BCUT2D eigenvalue weighted by Gasteiger charge is -2.25. The maximum Gasteiger partial charge on any atom is 0.0998 e. The lowest BCUT2D eigenvalue weighted by molar-refractivity contribution is 0.648. The first-order valence-corrected chi connectivity index (χ1v) is 17.0. The Morgan fingerprint density at radius 2 is 1.41 bits per heavy atom. The summed E-state index contributed by atoms with van der Waals surface area (Å²) in [5, 5.41) is 34.1. The second-order valence-electron chi connectivity index (χ2n) is 12.9. The molecule has 9 rings (SSSR count). The van der Waals surface area contributed by atoms with Crippen LogP contribution in [0.3, 0.4) is 0 Å². The zero-order chi connectivity index (χ0) is 34.5. The molecular weight excluding hydrogens is 623 g/mol. The molecule has 0 amide bonds. The summed E-state index contributed by atoms with van der Waals surface area (Å²) in [7, 11) is 0. The van der Waals surface area contributed by atoms with Crippen molar-refractivity contribution in [3.05, 3.63) is 173 Å². The highest BCUT2D eigenvalue weighted by molar-refractivity contribution is 6.09. The van der Waals surface area contributed by atoms with Gasteiger partial charge in [-0.2, -0.15) is 15.8 Å². The van der Waals surface area contributed by atoms with E-state index in [1.165, 1.54) is 5.56 Å². The van der Waals surface area contributed by atoms with Crippen LogP contribution in [0.15, 0.2) is 145 Å². The zero-order valence-electron chi connectivity index (χ0n) is 27.6. The SMILES string of the molecule is N#CC1=CCC(n2c3ccccc3c3cc(C#N)ccc32)C=C1c1ccccc1-c1c(C#N)cccc1-n1c2c(c3ccccc31)C=CC=CC2. The molecule has 0 saturated carbocycles. The normalized spacial score (nSPS) is 15.1. The molecule has 0 aliphatic heterocycles. The molecule has 2 aliphatic carbocycles. The first-order chi connectivity index (χ1) is 25.2. The molecule has 0 spiro atoms. The van der Waals surface area contributed by atoms with Crippen LogP contribution >= 0.6 is 0 Å². The van der Waals surface area contributed by atoms with Gasteiger partial charge in [-0.3, -0.25) is 0 Å². The smallest absolute Gasteiger partial charge is 0.0998 e. The topological polar surface area (TPSA) is 81.2 Å². The van der Waals surface area contributed by atoms with Crippen molar-refractivity contribution in [3.63, 3.8) is 0 Å². The van der Waals surface area contributed by atoms with E-state index in [1.54, 1.807) is 0 Å². The fraction of sp³-hybridized carbons (Fsp3) is 0.0652. The monoisotopic (exact) mass is 651 g/mol. The van der Waals surface area contributed by atoms with Crippen molar-refractivity contribution >= 4 is 44.4 Å². The van der Waals surface area contributed by atoms with Gasteiger partial charge >= 0.3 is 0 Å². The average molecular weight is 652 g/mol. The molecule has 5 heteroatoms. The predicted octanol–water partition coefficient (Wildman–Crippen LogP) is 10.8. The second kappa shape index (κ2) is 12.1. The highest BCUT2D eigenvalue weighted by Gasteiger charge is 2.26. The Hall–Kier alpha value is -7.13. The second-order valence-corrected chi connectivity index (χ2v) is 12.9. The van der Waals surface area contributed by atoms with Gasteiger partial charge in [0.05, 0.1) is 52.2 Å². The third kappa shape index (κ3) is 4.67. The van der Waals surface area contributed by atoms with Crippen molar-refractivity contribution in [2.45, 2.75) is 18.9 Å². The standard InChI is InChI=1S/C46H29N5/c47-27-30-21-24-44-40(25-30)37-15-7-8-18-41(37)50(44)33-23-22-31(28-48)39(26-33)34-12-4-5-16-38(34)46-32(29-49)11-10-20-45(46)51-42-17-3-1-2-13-35(42)36-14-6-9-19-43(36)51/h1-16,18-22,24-26,33H,17,23H2. The summed E-state index contributed by atoms with van der Waals surface area (Å²) in [4.78, 5) is 0. The predicted molar refractivity (Wildman–Crippen MR) is 205 cm³/mol. The molecule has 0 N–H and O–H groups in total. The fourth-order valence-electron chi connectivity index (χ4n) is 8.08. The van der Waals surface area contributed by atoms with Crippen LogP contribution in [0.5, 0.6) is 0 Å². The van der Waals surface area contributed by atoms with Gasteiger partial charge in [-0.25, -0.2) is 0 Å². The number of rotatable bonds is 4. The van der Waals surface area contributed by atoms with E-state index in [4.69, 9.17) is 0 Å². The molecule has 2 heterocycles. The minimum absolute atomic E-state index is 0.0890. The van der Waals surface area contributed by atoms with Gasteiger partial charge in [-0.15, -0.1) is 0 Å². The summed E-state index contributed by atoms with van der Waals surface area (Å²) in [6.45, 7) is 0. The van der Waals surface area contributed by atoms with Crippen molar-refractivity contribution in [3.8, 4) is 35.0 Å². The van der Waals surface area contributed by atoms with Crippen molar-refractivity contribution in [2.24, 2.45) is 0 Å². The van der Waals surface area contributed by atoms with E-state index >= 15 is 0 Å². The Morgan fingerprint density at radius 3 is 2.24 bits per heavy atom. The summed E-state index contributed by atoms with van der Waals surface area (Å²) in [6.07, 6.45) is 14.2. The molecule has 0 bridgehead atoms. The maximum absolute atomic E-state index is 10.6. The Labute approximate surface area is 295 Å². The number of aromatic nitrogens is 2. The summed E-state index contributed by atoms with van der Waals surface area (Å²) in [5.41, 5.74) is 11.7. The molecule has 2 aliphatic rings. The summed E-state index contributed by atoms with van der Waals surface area (Å²) < 4.78 is 4.64. The van der Waals surface area contributed by atoms with Crippen molar-refractivity contribution in [2.75, 3.05) is 0 Å². The number of hydrogen-bond acceptors (Lipinski definition) is 3. The van der Waals surface area contributed by atoms with Crippen LogP contribution in [0.25, 0.3) is 61.2 Å². The number of para-hydroxylation sites is 2. The van der Waals surface area contributed by atoms with E-state index in [0.717, 1.165) is 72.8 Å². The van der Waals surface area contributed by atoms with E-state index in [9.17, 15) is 15.8 Å². The van der Waals surface area contributed by atoms with Gasteiger partial charge in [0, 0.05) is 50.4 Å². The van der Waals surface area contributed by atoms with E-state index in [2.05, 4.69) is 112 Å². The van der Waals surface area contributed by atoms with E-state index < -0.39 is 0 Å². The van der Waals surface area contributed by atoms with Crippen molar-refractivity contribution in [1.82, 2.24) is 9.13 Å². The molecule has 7 aromatic rings. The molecule has 2 aromatic heterocycles. The molecule has 238 valence electrons. The fourth-order valence-corrected chi connectivity index (χ4v) is 8.08. The van der Waals surface area contributed by atoms with Crippen molar-refractivity contribution in [1.29, 1.82) is 15.8 Å². The largest absolute Gasteiger partial charge is 0.333 e. The third-order valence-corrected chi connectivity index (χ3v) is 10.2. The average Bonchev–Trinajstić information content (AvgIpc) is 3.56. The molecule has 51 heavy (non-hydrogen) atoms. The van der Waals surface area contributed by atoms with E-state index in [-0.39, 0.29) is 6.04 Å². The summed E-state index contributed by atoms with van der Waals surface area (Å²) in [6, 6.07) is 43.9. The van der Waals surface area contributed by atoms with E-state index in [0.29, 0.717) is 23.1 Å². The quantitative estimate of drug-likeness (QED) is 0.190. The molecule has 0 fully saturated rings. The van der Waals surface area contributed by atoms with E-state index in [1.807, 2.05) is 60.7 Å². The highest BCUT2D eigenvalue weighted by Crippen LogP contribution is 2.44. The Kier molecular flexibility index (Phi) is 7.10. The van der Waals surface area contributed by atoms with Gasteiger partial charge < -0.3 is 9.13 Å². The number of fused-ring (bicyclic) bond motifs is 6. The van der Waals surface area contributed by atoms with Gasteiger partial charge in [0.15, 0.2) is 0 Å².